The molecule has 0 rings (SSSR count). The van der Waals surface area contributed by atoms with Crippen LogP contribution in [0.5, 0.6) is 0 Å². The fraction of sp³-hybridized carbons (Fsp3) is 0.653. The first kappa shape index (κ1) is 73.5. The van der Waals surface area contributed by atoms with Crippen molar-refractivity contribution in [3.8, 4) is 0 Å². The van der Waals surface area contributed by atoms with Crippen molar-refractivity contribution in [1.29, 1.82) is 0 Å². The van der Waals surface area contributed by atoms with E-state index in [0.29, 0.717) is 19.3 Å². The Hall–Kier alpha value is -4.45. The van der Waals surface area contributed by atoms with Gasteiger partial charge >= 0.3 is 17.9 Å². The average Bonchev–Trinajstić information content (AvgIpc) is 3.44. The Morgan fingerprint density at radius 2 is 0.500 bits per heavy atom. The first-order chi connectivity index (χ1) is 38.5. The van der Waals surface area contributed by atoms with Crippen LogP contribution in [0, 0.1) is 0 Å². The van der Waals surface area contributed by atoms with E-state index in [1.54, 1.807) is 0 Å². The van der Waals surface area contributed by atoms with Crippen molar-refractivity contribution in [3.05, 3.63) is 134 Å². The number of esters is 3. The van der Waals surface area contributed by atoms with E-state index in [4.69, 9.17) is 14.2 Å². The largest absolute Gasteiger partial charge is 0.462 e. The molecular weight excluding hydrogens is 961 g/mol. The molecule has 0 aliphatic heterocycles. The number of hydrogen-bond donors (Lipinski definition) is 0. The van der Waals surface area contributed by atoms with E-state index in [2.05, 4.69) is 154 Å². The van der Waals surface area contributed by atoms with Gasteiger partial charge in [-0.25, -0.2) is 0 Å². The predicted octanol–water partition coefficient (Wildman–Crippen LogP) is 22.2. The van der Waals surface area contributed by atoms with Crippen LogP contribution in [0.4, 0.5) is 0 Å². The third-order valence-corrected chi connectivity index (χ3v) is 13.4. The average molecular weight is 1080 g/mol. The Balaban J connectivity index is 4.48. The summed E-state index contributed by atoms with van der Waals surface area (Å²) in [7, 11) is 0. The topological polar surface area (TPSA) is 78.9 Å². The van der Waals surface area contributed by atoms with Crippen LogP contribution in [-0.2, 0) is 28.6 Å². The minimum Gasteiger partial charge on any atom is -0.462 e. The van der Waals surface area contributed by atoms with Gasteiger partial charge in [-0.3, -0.25) is 14.4 Å². The molecule has 0 bridgehead atoms. The SMILES string of the molecule is CC/C=C\C/C=C\C/C=C\C/C=C\C/C=C\C/C=C\CCCCCCC(=O)OCC(COC(=O)CCCCCCC/C=C\CCCCCCCCC)OC(=O)CCCCCCCCCC/C=C\C/C=C\C/C=C\C/C=C\CC. The van der Waals surface area contributed by atoms with Gasteiger partial charge in [0.1, 0.15) is 13.2 Å². The molecular formula is C72H118O6. The zero-order valence-electron chi connectivity index (χ0n) is 50.6. The summed E-state index contributed by atoms with van der Waals surface area (Å²) in [5.74, 6) is -0.936. The summed E-state index contributed by atoms with van der Waals surface area (Å²) in [6.07, 6.45) is 91.6. The Morgan fingerprint density at radius 1 is 0.269 bits per heavy atom. The lowest BCUT2D eigenvalue weighted by Gasteiger charge is -2.18. The van der Waals surface area contributed by atoms with Crippen molar-refractivity contribution in [1.82, 2.24) is 0 Å². The second-order valence-corrected chi connectivity index (χ2v) is 20.9. The maximum atomic E-state index is 12.9. The number of ether oxygens (including phenoxy) is 3. The fourth-order valence-corrected chi connectivity index (χ4v) is 8.61. The summed E-state index contributed by atoms with van der Waals surface area (Å²) in [5.41, 5.74) is 0. The van der Waals surface area contributed by atoms with Gasteiger partial charge in [0.25, 0.3) is 0 Å². The summed E-state index contributed by atoms with van der Waals surface area (Å²) in [5, 5.41) is 0. The Bertz CT molecular complexity index is 1670. The molecule has 0 fully saturated rings. The Kier molecular flexibility index (Phi) is 61.4. The van der Waals surface area contributed by atoms with E-state index in [9.17, 15) is 14.4 Å². The van der Waals surface area contributed by atoms with Crippen molar-refractivity contribution in [2.24, 2.45) is 0 Å². The highest BCUT2D eigenvalue weighted by atomic mass is 16.6. The van der Waals surface area contributed by atoms with Crippen molar-refractivity contribution in [2.75, 3.05) is 13.2 Å². The van der Waals surface area contributed by atoms with Crippen LogP contribution in [-0.4, -0.2) is 37.2 Å². The van der Waals surface area contributed by atoms with Crippen LogP contribution in [0.25, 0.3) is 0 Å². The van der Waals surface area contributed by atoms with Crippen molar-refractivity contribution < 1.29 is 28.6 Å². The monoisotopic (exact) mass is 1080 g/mol. The Labute approximate surface area is 481 Å². The molecule has 0 spiro atoms. The van der Waals surface area contributed by atoms with Gasteiger partial charge in [0.05, 0.1) is 0 Å². The third-order valence-electron chi connectivity index (χ3n) is 13.4. The van der Waals surface area contributed by atoms with Crippen LogP contribution in [0.3, 0.4) is 0 Å². The molecule has 0 N–H and O–H groups in total. The van der Waals surface area contributed by atoms with Gasteiger partial charge in [-0.05, 0) is 135 Å². The molecule has 1 atom stereocenters. The van der Waals surface area contributed by atoms with Crippen molar-refractivity contribution >= 4 is 17.9 Å². The van der Waals surface area contributed by atoms with Gasteiger partial charge in [0, 0.05) is 19.3 Å². The summed E-state index contributed by atoms with van der Waals surface area (Å²) in [4.78, 5) is 38.4. The lowest BCUT2D eigenvalue weighted by Crippen LogP contribution is -2.30. The van der Waals surface area contributed by atoms with Crippen molar-refractivity contribution in [3.63, 3.8) is 0 Å². The van der Waals surface area contributed by atoms with Gasteiger partial charge in [0.15, 0.2) is 6.10 Å². The molecule has 0 saturated heterocycles. The number of unbranched alkanes of at least 4 members (excludes halogenated alkanes) is 24. The van der Waals surface area contributed by atoms with Gasteiger partial charge < -0.3 is 14.2 Å². The maximum absolute atomic E-state index is 12.9. The highest BCUT2D eigenvalue weighted by molar-refractivity contribution is 5.71. The molecule has 0 aromatic rings. The lowest BCUT2D eigenvalue weighted by atomic mass is 10.1. The van der Waals surface area contributed by atoms with E-state index in [1.165, 1.54) is 89.9 Å². The fourth-order valence-electron chi connectivity index (χ4n) is 8.61. The lowest BCUT2D eigenvalue weighted by molar-refractivity contribution is -0.167. The van der Waals surface area contributed by atoms with E-state index >= 15 is 0 Å². The molecule has 1 unspecified atom stereocenters. The van der Waals surface area contributed by atoms with Gasteiger partial charge in [-0.2, -0.15) is 0 Å². The van der Waals surface area contributed by atoms with Gasteiger partial charge in [-0.1, -0.05) is 264 Å². The van der Waals surface area contributed by atoms with Crippen LogP contribution in [0.15, 0.2) is 134 Å². The molecule has 6 heteroatoms. The van der Waals surface area contributed by atoms with Gasteiger partial charge in [0.2, 0.25) is 0 Å². The molecule has 0 amide bonds. The zero-order chi connectivity index (χ0) is 56.4. The third kappa shape index (κ3) is 62.4. The smallest absolute Gasteiger partial charge is 0.306 e. The molecule has 0 aliphatic rings. The number of rotatable bonds is 57. The summed E-state index contributed by atoms with van der Waals surface area (Å²) in [6.45, 7) is 6.39. The first-order valence-corrected chi connectivity index (χ1v) is 32.2. The standard InChI is InChI=1S/C72H118O6/c1-4-7-10-13-16-19-22-25-28-31-33-35-36-38-39-41-44-47-50-53-56-59-62-65-71(74)77-68-69(67-76-70(73)64-61-58-55-52-49-46-43-30-27-24-21-18-15-12-9-6-3)78-72(75)66-63-60-57-54-51-48-45-42-40-37-34-32-29-26-23-20-17-14-11-8-5-2/h7-8,10-11,16-17,19-20,25-26,28-30,33-35,37-39,43-44,47,69H,4-6,9,12-15,18,21-24,27,31-32,36,40-42,45-46,48-68H2,1-3H3/b10-7-,11-8-,19-16-,20-17-,28-25-,29-26-,35-33-,37-34-,39-38-,43-30-,47-44-. The molecule has 442 valence electrons. The molecule has 78 heavy (non-hydrogen) atoms. The van der Waals surface area contributed by atoms with Crippen molar-refractivity contribution in [2.45, 2.75) is 290 Å². The maximum Gasteiger partial charge on any atom is 0.306 e. The summed E-state index contributed by atoms with van der Waals surface area (Å²) < 4.78 is 16.9. The number of carbonyl (C=O) groups is 3. The number of carbonyl (C=O) groups excluding carboxylic acids is 3. The van der Waals surface area contributed by atoms with Crippen LogP contribution >= 0.6 is 0 Å². The van der Waals surface area contributed by atoms with Gasteiger partial charge in [-0.15, -0.1) is 0 Å². The number of allylic oxidation sites excluding steroid dienone is 22. The van der Waals surface area contributed by atoms with Crippen LogP contribution in [0.1, 0.15) is 284 Å². The minimum atomic E-state index is -0.803. The zero-order valence-corrected chi connectivity index (χ0v) is 50.6. The molecule has 0 saturated carbocycles. The molecule has 0 aromatic heterocycles. The quantitative estimate of drug-likeness (QED) is 0.0261. The number of hydrogen-bond acceptors (Lipinski definition) is 6. The molecule has 0 aliphatic carbocycles. The summed E-state index contributed by atoms with van der Waals surface area (Å²) in [6, 6.07) is 0. The highest BCUT2D eigenvalue weighted by Gasteiger charge is 2.19. The van der Waals surface area contributed by atoms with Crippen LogP contribution < -0.4 is 0 Å². The first-order valence-electron chi connectivity index (χ1n) is 32.2. The summed E-state index contributed by atoms with van der Waals surface area (Å²) >= 11 is 0. The van der Waals surface area contributed by atoms with E-state index in [-0.39, 0.29) is 31.1 Å². The molecule has 0 radical (unpaired) electrons. The molecule has 0 heterocycles. The Morgan fingerprint density at radius 3 is 0.795 bits per heavy atom. The highest BCUT2D eigenvalue weighted by Crippen LogP contribution is 2.15. The van der Waals surface area contributed by atoms with E-state index < -0.39 is 6.10 Å². The minimum absolute atomic E-state index is 0.0973. The van der Waals surface area contributed by atoms with E-state index in [1.807, 2.05) is 0 Å². The second-order valence-electron chi connectivity index (χ2n) is 20.9. The normalized spacial score (nSPS) is 13.0. The second kappa shape index (κ2) is 65.1. The molecule has 0 aromatic carbocycles. The molecule has 6 nitrogen and oxygen atoms in total. The van der Waals surface area contributed by atoms with Crippen LogP contribution in [0.2, 0.25) is 0 Å². The predicted molar refractivity (Wildman–Crippen MR) is 339 cm³/mol. The van der Waals surface area contributed by atoms with E-state index in [0.717, 1.165) is 154 Å².